The summed E-state index contributed by atoms with van der Waals surface area (Å²) < 4.78 is 33.4. The summed E-state index contributed by atoms with van der Waals surface area (Å²) in [6, 6.07) is 10.8. The molecule has 0 saturated carbocycles. The number of benzene rings is 2. The number of hydrogen-bond donors (Lipinski definition) is 3. The van der Waals surface area contributed by atoms with E-state index in [2.05, 4.69) is 43.4 Å². The first-order valence-corrected chi connectivity index (χ1v) is 12.1. The van der Waals surface area contributed by atoms with Crippen molar-refractivity contribution in [3.63, 3.8) is 0 Å². The Morgan fingerprint density at radius 2 is 1.82 bits per heavy atom. The van der Waals surface area contributed by atoms with Gasteiger partial charge in [-0.2, -0.15) is 4.39 Å². The van der Waals surface area contributed by atoms with E-state index in [0.29, 0.717) is 11.5 Å². The largest absolute Gasteiger partial charge is 0.488 e. The van der Waals surface area contributed by atoms with E-state index in [4.69, 9.17) is 9.84 Å². The van der Waals surface area contributed by atoms with Gasteiger partial charge in [-0.05, 0) is 73.3 Å². The number of rotatable bonds is 13. The van der Waals surface area contributed by atoms with E-state index >= 15 is 0 Å². The fraction of sp³-hybridized carbons (Fsp3) is 0.519. The van der Waals surface area contributed by atoms with Crippen LogP contribution in [-0.4, -0.2) is 41.0 Å². The fourth-order valence-electron chi connectivity index (χ4n) is 4.90. The van der Waals surface area contributed by atoms with Crippen LogP contribution in [0, 0.1) is 17.6 Å². The van der Waals surface area contributed by atoms with Crippen molar-refractivity contribution in [1.29, 1.82) is 0 Å². The zero-order chi connectivity index (χ0) is 24.7. The van der Waals surface area contributed by atoms with Crippen molar-refractivity contribution >= 4 is 5.97 Å². The molecule has 186 valence electrons. The Morgan fingerprint density at radius 3 is 2.41 bits per heavy atom. The predicted molar refractivity (Wildman–Crippen MR) is 127 cm³/mol. The summed E-state index contributed by atoms with van der Waals surface area (Å²) in [6.07, 6.45) is 3.90. The molecule has 1 aliphatic rings. The van der Waals surface area contributed by atoms with Crippen molar-refractivity contribution < 1.29 is 28.5 Å². The molecule has 1 atom stereocenters. The number of ether oxygens (including phenoxy) is 1. The monoisotopic (exact) mass is 475 g/mol. The summed E-state index contributed by atoms with van der Waals surface area (Å²) in [4.78, 5) is 10.8. The van der Waals surface area contributed by atoms with E-state index in [1.807, 2.05) is 0 Å². The summed E-state index contributed by atoms with van der Waals surface area (Å²) in [6.45, 7) is 4.35. The van der Waals surface area contributed by atoms with Gasteiger partial charge in [0, 0.05) is 18.5 Å². The summed E-state index contributed by atoms with van der Waals surface area (Å²) in [5, 5.41) is 22.8. The lowest BCUT2D eigenvalue weighted by Crippen LogP contribution is -2.49. The van der Waals surface area contributed by atoms with Crippen LogP contribution in [0.1, 0.15) is 56.2 Å². The number of β-amino-alcohol motifs (C(OH)–C–C–N with tert-alkyl or cyclic N) is 1. The van der Waals surface area contributed by atoms with Gasteiger partial charge in [-0.15, -0.1) is 0 Å². The van der Waals surface area contributed by atoms with E-state index in [0.717, 1.165) is 38.2 Å². The maximum Gasteiger partial charge on any atom is 0.303 e. The lowest BCUT2D eigenvalue weighted by atomic mass is 9.81. The number of halogens is 2. The van der Waals surface area contributed by atoms with Crippen molar-refractivity contribution in [2.45, 2.75) is 70.4 Å². The van der Waals surface area contributed by atoms with Crippen LogP contribution in [0.25, 0.3) is 0 Å². The highest BCUT2D eigenvalue weighted by Crippen LogP contribution is 2.34. The number of carboxylic acids is 1. The number of aryl methyl sites for hydroxylation is 1. The second-order valence-electron chi connectivity index (χ2n) is 9.36. The van der Waals surface area contributed by atoms with Gasteiger partial charge in [0.1, 0.15) is 12.7 Å². The highest BCUT2D eigenvalue weighted by molar-refractivity contribution is 5.67. The molecule has 0 spiro atoms. The molecule has 0 amide bonds. The molecule has 5 nitrogen and oxygen atoms in total. The maximum absolute atomic E-state index is 14.1. The van der Waals surface area contributed by atoms with Crippen LogP contribution in [0.15, 0.2) is 36.4 Å². The van der Waals surface area contributed by atoms with E-state index in [1.165, 1.54) is 17.2 Å². The lowest BCUT2D eigenvalue weighted by Gasteiger charge is -2.36. The van der Waals surface area contributed by atoms with Gasteiger partial charge in [0.25, 0.3) is 0 Å². The second kappa shape index (κ2) is 11.8. The Kier molecular flexibility index (Phi) is 9.03. The molecule has 0 heterocycles. The minimum atomic E-state index is -1.14. The van der Waals surface area contributed by atoms with Crippen LogP contribution in [0.3, 0.4) is 0 Å². The van der Waals surface area contributed by atoms with Crippen LogP contribution < -0.4 is 10.1 Å². The molecule has 0 radical (unpaired) electrons. The van der Waals surface area contributed by atoms with Crippen molar-refractivity contribution in [1.82, 2.24) is 5.32 Å². The number of carboxylic acid groups (broad SMARTS) is 1. The van der Waals surface area contributed by atoms with Gasteiger partial charge in [0.2, 0.25) is 5.82 Å². The van der Waals surface area contributed by atoms with Crippen LogP contribution in [0.4, 0.5) is 8.78 Å². The molecule has 34 heavy (non-hydrogen) atoms. The minimum Gasteiger partial charge on any atom is -0.488 e. The van der Waals surface area contributed by atoms with Gasteiger partial charge in [0.05, 0.1) is 0 Å². The number of fused-ring (bicyclic) bond motifs is 1. The Labute approximate surface area is 200 Å². The Morgan fingerprint density at radius 1 is 1.18 bits per heavy atom. The summed E-state index contributed by atoms with van der Waals surface area (Å²) in [5.41, 5.74) is 3.04. The first-order chi connectivity index (χ1) is 16.2. The molecular weight excluding hydrogens is 440 g/mol. The molecule has 3 rings (SSSR count). The standard InChI is InChI=1S/C27H35F2NO4/c1-3-27(4-2,15-19-11-20-7-5-6-8-21(20)12-19)30-16-22(31)17-34-24-14-18(9-10-25(32)33)13-23(28)26(24)29/h5-8,13-14,19,22,30-31H,3-4,9-12,15-17H2,1-2H3,(H,32,33)/t22-/m1/s1. The van der Waals surface area contributed by atoms with Gasteiger partial charge in [0.15, 0.2) is 11.6 Å². The Hall–Kier alpha value is -2.51. The van der Waals surface area contributed by atoms with Crippen molar-refractivity contribution in [2.75, 3.05) is 13.2 Å². The minimum absolute atomic E-state index is 0.0631. The highest BCUT2D eigenvalue weighted by Gasteiger charge is 2.32. The fourth-order valence-corrected chi connectivity index (χ4v) is 4.90. The molecule has 0 unspecified atom stereocenters. The van der Waals surface area contributed by atoms with E-state index in [1.54, 1.807) is 0 Å². The highest BCUT2D eigenvalue weighted by atomic mass is 19.2. The third-order valence-electron chi connectivity index (χ3n) is 6.99. The SMILES string of the molecule is CCC(CC)(CC1Cc2ccccc2C1)NC[C@@H](O)COc1cc(CCC(=O)O)cc(F)c1F. The topological polar surface area (TPSA) is 78.8 Å². The number of carbonyl (C=O) groups is 1. The molecule has 0 bridgehead atoms. The maximum atomic E-state index is 14.1. The van der Waals surface area contributed by atoms with Crippen molar-refractivity contribution in [3.05, 3.63) is 64.7 Å². The average Bonchev–Trinajstić information content (AvgIpc) is 3.23. The summed E-state index contributed by atoms with van der Waals surface area (Å²) in [5.74, 6) is -3.04. The van der Waals surface area contributed by atoms with Crippen molar-refractivity contribution in [3.8, 4) is 5.75 Å². The van der Waals surface area contributed by atoms with Gasteiger partial charge in [-0.25, -0.2) is 4.39 Å². The van der Waals surface area contributed by atoms with Crippen LogP contribution in [0.2, 0.25) is 0 Å². The van der Waals surface area contributed by atoms with Crippen molar-refractivity contribution in [2.24, 2.45) is 5.92 Å². The normalized spacial score (nSPS) is 14.7. The zero-order valence-corrected chi connectivity index (χ0v) is 19.9. The lowest BCUT2D eigenvalue weighted by molar-refractivity contribution is -0.136. The summed E-state index contributed by atoms with van der Waals surface area (Å²) in [7, 11) is 0. The molecule has 0 saturated heterocycles. The Balaban J connectivity index is 1.54. The molecule has 2 aromatic rings. The molecule has 7 heteroatoms. The average molecular weight is 476 g/mol. The van der Waals surface area contributed by atoms with E-state index in [9.17, 15) is 18.7 Å². The van der Waals surface area contributed by atoms with Gasteiger partial charge >= 0.3 is 5.97 Å². The van der Waals surface area contributed by atoms with E-state index in [-0.39, 0.29) is 37.3 Å². The molecule has 3 N–H and O–H groups in total. The molecule has 2 aromatic carbocycles. The smallest absolute Gasteiger partial charge is 0.303 e. The van der Waals surface area contributed by atoms with E-state index < -0.39 is 23.7 Å². The molecular formula is C27H35F2NO4. The first kappa shape index (κ1) is 26.1. The molecule has 1 aliphatic carbocycles. The van der Waals surface area contributed by atoms with Gasteiger partial charge in [-0.1, -0.05) is 38.1 Å². The third-order valence-corrected chi connectivity index (χ3v) is 6.99. The first-order valence-electron chi connectivity index (χ1n) is 12.1. The van der Waals surface area contributed by atoms with Crippen LogP contribution in [-0.2, 0) is 24.1 Å². The third kappa shape index (κ3) is 6.76. The quantitative estimate of drug-likeness (QED) is 0.392. The number of hydrogen-bond acceptors (Lipinski definition) is 4. The Bertz CT molecular complexity index is 952. The van der Waals surface area contributed by atoms with Crippen LogP contribution in [0.5, 0.6) is 5.75 Å². The molecule has 0 aliphatic heterocycles. The second-order valence-corrected chi connectivity index (χ2v) is 9.36. The number of aliphatic hydroxyl groups is 1. The summed E-state index contributed by atoms with van der Waals surface area (Å²) >= 11 is 0. The number of nitrogens with one attached hydrogen (secondary N) is 1. The number of aliphatic hydroxyl groups excluding tert-OH is 1. The van der Waals surface area contributed by atoms with Gasteiger partial charge < -0.3 is 20.3 Å². The number of aliphatic carboxylic acids is 1. The van der Waals surface area contributed by atoms with Gasteiger partial charge in [-0.3, -0.25) is 4.79 Å². The zero-order valence-electron chi connectivity index (χ0n) is 19.9. The predicted octanol–water partition coefficient (Wildman–Crippen LogP) is 4.68. The van der Waals surface area contributed by atoms with Crippen LogP contribution >= 0.6 is 0 Å². The molecule has 0 aromatic heterocycles. The molecule has 0 fully saturated rings.